The van der Waals surface area contributed by atoms with Crippen molar-refractivity contribution in [3.63, 3.8) is 0 Å². The Labute approximate surface area is 120 Å². The van der Waals surface area contributed by atoms with Gasteiger partial charge in [0, 0.05) is 6.20 Å². The third-order valence-corrected chi connectivity index (χ3v) is 3.29. The van der Waals surface area contributed by atoms with E-state index in [4.69, 9.17) is 17.0 Å². The maximum atomic E-state index is 9.32. The van der Waals surface area contributed by atoms with E-state index in [1.165, 1.54) is 0 Å². The van der Waals surface area contributed by atoms with Gasteiger partial charge in [-0.1, -0.05) is 6.07 Å². The number of para-hydroxylation sites is 1. The van der Waals surface area contributed by atoms with Crippen LogP contribution in [0.1, 0.15) is 5.56 Å². The van der Waals surface area contributed by atoms with Gasteiger partial charge >= 0.3 is 0 Å². The number of aromatic amines is 1. The summed E-state index contributed by atoms with van der Waals surface area (Å²) in [6, 6.07) is 11.2. The molecule has 0 bridgehead atoms. The van der Waals surface area contributed by atoms with Crippen molar-refractivity contribution >= 4 is 23.4 Å². The lowest BCUT2D eigenvalue weighted by atomic mass is 10.1. The zero-order valence-electron chi connectivity index (χ0n) is 10.6. The SMILES string of the molecule is COc1cccc(C#N)c1-n1c(=S)[nH]c2cccnc21. The summed E-state index contributed by atoms with van der Waals surface area (Å²) in [6.45, 7) is 0. The topological polar surface area (TPSA) is 66.6 Å². The van der Waals surface area contributed by atoms with Crippen molar-refractivity contribution in [3.05, 3.63) is 46.9 Å². The van der Waals surface area contributed by atoms with Gasteiger partial charge in [0.1, 0.15) is 17.5 Å². The molecule has 0 aliphatic carbocycles. The summed E-state index contributed by atoms with van der Waals surface area (Å²) in [6.07, 6.45) is 1.68. The van der Waals surface area contributed by atoms with E-state index in [9.17, 15) is 5.26 Å². The molecule has 3 aromatic rings. The Hall–Kier alpha value is -2.65. The maximum absolute atomic E-state index is 9.32. The second-order valence-corrected chi connectivity index (χ2v) is 4.50. The number of aromatic nitrogens is 3. The number of benzene rings is 1. The lowest BCUT2D eigenvalue weighted by molar-refractivity contribution is 0.413. The molecule has 5 nitrogen and oxygen atoms in total. The lowest BCUT2D eigenvalue weighted by Crippen LogP contribution is -2.02. The molecule has 1 N–H and O–H groups in total. The number of nitrogens with one attached hydrogen (secondary N) is 1. The first-order valence-electron chi connectivity index (χ1n) is 5.89. The van der Waals surface area contributed by atoms with E-state index in [0.717, 1.165) is 5.52 Å². The van der Waals surface area contributed by atoms with Crippen LogP contribution < -0.4 is 4.74 Å². The summed E-state index contributed by atoms with van der Waals surface area (Å²) in [5.41, 5.74) is 2.56. The van der Waals surface area contributed by atoms with Crippen LogP contribution in [0.15, 0.2) is 36.5 Å². The first kappa shape index (κ1) is 12.4. The predicted octanol–water partition coefficient (Wildman–Crippen LogP) is 2.96. The minimum atomic E-state index is 0.472. The average Bonchev–Trinajstić information content (AvgIpc) is 2.81. The molecule has 0 amide bonds. The Balaban J connectivity index is 2.46. The van der Waals surface area contributed by atoms with Crippen molar-refractivity contribution in [2.24, 2.45) is 0 Å². The maximum Gasteiger partial charge on any atom is 0.184 e. The molecule has 0 aliphatic rings. The van der Waals surface area contributed by atoms with E-state index in [-0.39, 0.29) is 0 Å². The molecule has 2 heterocycles. The molecule has 0 radical (unpaired) electrons. The summed E-state index contributed by atoms with van der Waals surface area (Å²) in [4.78, 5) is 7.41. The van der Waals surface area contributed by atoms with Crippen molar-refractivity contribution in [2.75, 3.05) is 7.11 Å². The van der Waals surface area contributed by atoms with Crippen molar-refractivity contribution in [2.45, 2.75) is 0 Å². The molecule has 0 saturated heterocycles. The number of hydrogen-bond acceptors (Lipinski definition) is 4. The van der Waals surface area contributed by atoms with Crippen molar-refractivity contribution < 1.29 is 4.74 Å². The highest BCUT2D eigenvalue weighted by molar-refractivity contribution is 7.71. The Morgan fingerprint density at radius 1 is 1.35 bits per heavy atom. The minimum Gasteiger partial charge on any atom is -0.495 e. The fourth-order valence-electron chi connectivity index (χ4n) is 2.16. The number of hydrogen-bond donors (Lipinski definition) is 1. The van der Waals surface area contributed by atoms with Crippen LogP contribution in [0.4, 0.5) is 0 Å². The molecule has 0 unspecified atom stereocenters. The van der Waals surface area contributed by atoms with Gasteiger partial charge in [0.25, 0.3) is 0 Å². The van der Waals surface area contributed by atoms with Crippen LogP contribution in [0.2, 0.25) is 0 Å². The summed E-state index contributed by atoms with van der Waals surface area (Å²) in [5, 5.41) is 9.32. The summed E-state index contributed by atoms with van der Waals surface area (Å²) in [5.74, 6) is 0.576. The van der Waals surface area contributed by atoms with Crippen LogP contribution in [0.3, 0.4) is 0 Å². The first-order valence-corrected chi connectivity index (χ1v) is 6.30. The Kier molecular flexibility index (Phi) is 2.97. The number of nitriles is 1. The molecule has 0 atom stereocenters. The first-order chi connectivity index (χ1) is 9.76. The van der Waals surface area contributed by atoms with E-state index in [1.807, 2.05) is 12.1 Å². The number of ether oxygens (including phenoxy) is 1. The Morgan fingerprint density at radius 3 is 2.95 bits per heavy atom. The van der Waals surface area contributed by atoms with E-state index < -0.39 is 0 Å². The van der Waals surface area contributed by atoms with Gasteiger partial charge in [0.2, 0.25) is 0 Å². The minimum absolute atomic E-state index is 0.472. The number of H-pyrrole nitrogens is 1. The lowest BCUT2D eigenvalue weighted by Gasteiger charge is -2.11. The van der Waals surface area contributed by atoms with Gasteiger partial charge in [-0.05, 0) is 36.5 Å². The van der Waals surface area contributed by atoms with Crippen LogP contribution in [0.25, 0.3) is 16.9 Å². The average molecular weight is 282 g/mol. The predicted molar refractivity (Wildman–Crippen MR) is 77.5 cm³/mol. The summed E-state index contributed by atoms with van der Waals surface area (Å²) < 4.78 is 7.55. The van der Waals surface area contributed by atoms with Gasteiger partial charge in [-0.3, -0.25) is 4.57 Å². The normalized spacial score (nSPS) is 10.4. The third kappa shape index (κ3) is 1.76. The van der Waals surface area contributed by atoms with E-state index in [0.29, 0.717) is 27.4 Å². The van der Waals surface area contributed by atoms with Gasteiger partial charge in [-0.2, -0.15) is 5.26 Å². The van der Waals surface area contributed by atoms with Crippen molar-refractivity contribution in [1.29, 1.82) is 5.26 Å². The van der Waals surface area contributed by atoms with E-state index in [1.54, 1.807) is 36.1 Å². The second-order valence-electron chi connectivity index (χ2n) is 4.11. The number of nitrogens with zero attached hydrogens (tertiary/aromatic N) is 3. The van der Waals surface area contributed by atoms with Gasteiger partial charge in [0.15, 0.2) is 10.4 Å². The molecule has 0 saturated carbocycles. The van der Waals surface area contributed by atoms with Crippen LogP contribution in [-0.4, -0.2) is 21.6 Å². The Bertz CT molecular complexity index is 888. The molecule has 98 valence electrons. The molecule has 1 aromatic carbocycles. The van der Waals surface area contributed by atoms with Crippen LogP contribution in [-0.2, 0) is 0 Å². The molecule has 6 heteroatoms. The number of imidazole rings is 1. The largest absolute Gasteiger partial charge is 0.495 e. The van der Waals surface area contributed by atoms with E-state index in [2.05, 4.69) is 16.0 Å². The fraction of sp³-hybridized carbons (Fsp3) is 0.0714. The van der Waals surface area contributed by atoms with Gasteiger partial charge in [-0.15, -0.1) is 0 Å². The number of methoxy groups -OCH3 is 1. The zero-order chi connectivity index (χ0) is 14.1. The second kappa shape index (κ2) is 4.79. The summed E-state index contributed by atoms with van der Waals surface area (Å²) >= 11 is 5.35. The molecular formula is C14H10N4OS. The Morgan fingerprint density at radius 2 is 2.20 bits per heavy atom. The smallest absolute Gasteiger partial charge is 0.184 e. The fourth-order valence-corrected chi connectivity index (χ4v) is 2.44. The monoisotopic (exact) mass is 282 g/mol. The molecular weight excluding hydrogens is 272 g/mol. The van der Waals surface area contributed by atoms with Crippen LogP contribution in [0, 0.1) is 16.1 Å². The third-order valence-electron chi connectivity index (χ3n) is 3.01. The highest BCUT2D eigenvalue weighted by atomic mass is 32.1. The molecule has 0 aliphatic heterocycles. The van der Waals surface area contributed by atoms with E-state index >= 15 is 0 Å². The van der Waals surface area contributed by atoms with Gasteiger partial charge in [0.05, 0.1) is 18.2 Å². The number of fused-ring (bicyclic) bond motifs is 1. The zero-order valence-corrected chi connectivity index (χ0v) is 11.4. The van der Waals surface area contributed by atoms with Crippen molar-refractivity contribution in [3.8, 4) is 17.5 Å². The van der Waals surface area contributed by atoms with Crippen LogP contribution in [0.5, 0.6) is 5.75 Å². The quantitative estimate of drug-likeness (QED) is 0.734. The number of rotatable bonds is 2. The highest BCUT2D eigenvalue weighted by Gasteiger charge is 2.15. The molecule has 2 aromatic heterocycles. The molecule has 0 spiro atoms. The van der Waals surface area contributed by atoms with Crippen LogP contribution >= 0.6 is 12.2 Å². The molecule has 20 heavy (non-hydrogen) atoms. The highest BCUT2D eigenvalue weighted by Crippen LogP contribution is 2.29. The van der Waals surface area contributed by atoms with Crippen molar-refractivity contribution in [1.82, 2.24) is 14.5 Å². The number of pyridine rings is 1. The molecule has 0 fully saturated rings. The molecule has 3 rings (SSSR count). The summed E-state index contributed by atoms with van der Waals surface area (Å²) in [7, 11) is 1.56. The van der Waals surface area contributed by atoms with Gasteiger partial charge < -0.3 is 9.72 Å². The standard InChI is InChI=1S/C14H10N4OS/c1-19-11-6-2-4-9(8-15)12(11)18-13-10(17-14(18)20)5-3-7-16-13/h2-7H,1H3,(H,17,20). The van der Waals surface area contributed by atoms with Gasteiger partial charge in [-0.25, -0.2) is 4.98 Å².